The van der Waals surface area contributed by atoms with Crippen molar-refractivity contribution in [2.24, 2.45) is 0 Å². The van der Waals surface area contributed by atoms with Gasteiger partial charge in [-0.2, -0.15) is 4.31 Å². The molecule has 0 aromatic heterocycles. The normalized spacial score (nSPS) is 24.6. The van der Waals surface area contributed by atoms with Crippen LogP contribution in [0.25, 0.3) is 0 Å². The summed E-state index contributed by atoms with van der Waals surface area (Å²) in [5.41, 5.74) is -0.0792. The van der Waals surface area contributed by atoms with Crippen molar-refractivity contribution in [3.8, 4) is 5.75 Å². The number of aliphatic carboxylic acids is 1. The van der Waals surface area contributed by atoms with Crippen LogP contribution in [0.5, 0.6) is 5.75 Å². The third kappa shape index (κ3) is 2.71. The molecule has 1 unspecified atom stereocenters. The predicted octanol–water partition coefficient (Wildman–Crippen LogP) is 0.876. The molecule has 2 saturated heterocycles. The second kappa shape index (κ2) is 5.77. The fraction of sp³-hybridized carbons (Fsp3) is 0.533. The van der Waals surface area contributed by atoms with Crippen molar-refractivity contribution < 1.29 is 27.8 Å². The molecule has 0 radical (unpaired) electrons. The summed E-state index contributed by atoms with van der Waals surface area (Å²) in [5, 5.41) is 8.98. The summed E-state index contributed by atoms with van der Waals surface area (Å²) in [6.45, 7) is 1.45. The zero-order chi connectivity index (χ0) is 16.7. The Morgan fingerprint density at radius 1 is 1.43 bits per heavy atom. The lowest BCUT2D eigenvalue weighted by Gasteiger charge is -2.48. The van der Waals surface area contributed by atoms with Gasteiger partial charge in [0, 0.05) is 18.7 Å². The summed E-state index contributed by atoms with van der Waals surface area (Å²) >= 11 is 0. The zero-order valence-electron chi connectivity index (χ0n) is 12.8. The molecule has 1 spiro atoms. The van der Waals surface area contributed by atoms with Gasteiger partial charge in [0.15, 0.2) is 0 Å². The minimum absolute atomic E-state index is 0.0977. The molecule has 0 bridgehead atoms. The number of benzene rings is 1. The van der Waals surface area contributed by atoms with Gasteiger partial charge >= 0.3 is 5.97 Å². The van der Waals surface area contributed by atoms with E-state index in [2.05, 4.69) is 0 Å². The molecule has 7 nitrogen and oxygen atoms in total. The zero-order valence-corrected chi connectivity index (χ0v) is 13.6. The molecule has 1 N–H and O–H groups in total. The maximum Gasteiger partial charge on any atom is 0.307 e. The lowest BCUT2D eigenvalue weighted by atomic mass is 9.87. The Morgan fingerprint density at radius 3 is 2.74 bits per heavy atom. The van der Waals surface area contributed by atoms with E-state index < -0.39 is 21.5 Å². The SMILES string of the molecule is COc1ccc(S(=O)(=O)N2CCC23CCOC3)cc1CC(=O)O. The summed E-state index contributed by atoms with van der Waals surface area (Å²) in [6, 6.07) is 4.36. The molecule has 1 atom stereocenters. The van der Waals surface area contributed by atoms with Crippen LogP contribution >= 0.6 is 0 Å². The topological polar surface area (TPSA) is 93.1 Å². The van der Waals surface area contributed by atoms with E-state index in [9.17, 15) is 13.2 Å². The monoisotopic (exact) mass is 341 g/mol. The smallest absolute Gasteiger partial charge is 0.307 e. The molecule has 0 saturated carbocycles. The first-order valence-electron chi connectivity index (χ1n) is 7.38. The highest BCUT2D eigenvalue weighted by molar-refractivity contribution is 7.89. The van der Waals surface area contributed by atoms with Gasteiger partial charge in [0.05, 0.1) is 30.6 Å². The molecular formula is C15H19NO6S. The first kappa shape index (κ1) is 16.2. The molecule has 0 aliphatic carbocycles. The summed E-state index contributed by atoms with van der Waals surface area (Å²) < 4.78 is 37.8. The Labute approximate surface area is 134 Å². The molecule has 2 fully saturated rings. The molecular weight excluding hydrogens is 322 g/mol. The fourth-order valence-electron chi connectivity index (χ4n) is 3.23. The van der Waals surface area contributed by atoms with E-state index in [1.165, 1.54) is 29.6 Å². The molecule has 23 heavy (non-hydrogen) atoms. The minimum atomic E-state index is -3.67. The summed E-state index contributed by atoms with van der Waals surface area (Å²) in [5.74, 6) is -0.670. The van der Waals surface area contributed by atoms with Crippen LogP contribution in [0.4, 0.5) is 0 Å². The van der Waals surface area contributed by atoms with Gasteiger partial charge in [0.25, 0.3) is 0 Å². The van der Waals surface area contributed by atoms with Crippen LogP contribution in [-0.4, -0.2) is 56.2 Å². The Kier molecular flexibility index (Phi) is 4.07. The molecule has 3 rings (SSSR count). The third-order valence-corrected chi connectivity index (χ3v) is 6.57. The molecule has 8 heteroatoms. The highest BCUT2D eigenvalue weighted by atomic mass is 32.2. The average molecular weight is 341 g/mol. The number of carbonyl (C=O) groups is 1. The van der Waals surface area contributed by atoms with Gasteiger partial charge in [-0.25, -0.2) is 8.42 Å². The second-order valence-corrected chi connectivity index (χ2v) is 7.76. The highest BCUT2D eigenvalue weighted by Crippen LogP contribution is 2.42. The minimum Gasteiger partial charge on any atom is -0.496 e. The number of carboxylic acids is 1. The van der Waals surface area contributed by atoms with Crippen LogP contribution in [0.15, 0.2) is 23.1 Å². The number of ether oxygens (including phenoxy) is 2. The summed E-state index contributed by atoms with van der Waals surface area (Å²) in [7, 11) is -2.25. The van der Waals surface area contributed by atoms with Crippen LogP contribution < -0.4 is 4.74 Å². The van der Waals surface area contributed by atoms with Crippen molar-refractivity contribution in [1.82, 2.24) is 4.31 Å². The highest BCUT2D eigenvalue weighted by Gasteiger charge is 2.53. The molecule has 126 valence electrons. The number of methoxy groups -OCH3 is 1. The molecule has 1 aromatic carbocycles. The van der Waals surface area contributed by atoms with Gasteiger partial charge in [0.1, 0.15) is 5.75 Å². The number of nitrogens with zero attached hydrogens (tertiary/aromatic N) is 1. The average Bonchev–Trinajstić information content (AvgIpc) is 2.96. The second-order valence-electron chi connectivity index (χ2n) is 5.90. The van der Waals surface area contributed by atoms with Gasteiger partial charge < -0.3 is 14.6 Å². The van der Waals surface area contributed by atoms with Crippen LogP contribution in [0.3, 0.4) is 0 Å². The van der Waals surface area contributed by atoms with Crippen molar-refractivity contribution in [2.75, 3.05) is 26.9 Å². The molecule has 1 aromatic rings. The maximum atomic E-state index is 12.9. The Balaban J connectivity index is 1.95. The Hall–Kier alpha value is -1.64. The van der Waals surface area contributed by atoms with Crippen LogP contribution in [0, 0.1) is 0 Å². The quantitative estimate of drug-likeness (QED) is 0.854. The first-order valence-corrected chi connectivity index (χ1v) is 8.82. The Bertz CT molecular complexity index is 723. The van der Waals surface area contributed by atoms with Crippen molar-refractivity contribution in [1.29, 1.82) is 0 Å². The van der Waals surface area contributed by atoms with E-state index in [-0.39, 0.29) is 11.3 Å². The third-order valence-electron chi connectivity index (χ3n) is 4.57. The van der Waals surface area contributed by atoms with Crippen LogP contribution in [0.1, 0.15) is 18.4 Å². The van der Waals surface area contributed by atoms with Crippen molar-refractivity contribution in [3.63, 3.8) is 0 Å². The van der Waals surface area contributed by atoms with E-state index in [0.29, 0.717) is 37.5 Å². The van der Waals surface area contributed by atoms with Crippen LogP contribution in [-0.2, 0) is 26.0 Å². The lowest BCUT2D eigenvalue weighted by molar-refractivity contribution is -0.136. The lowest BCUT2D eigenvalue weighted by Crippen LogP contribution is -2.62. The van der Waals surface area contributed by atoms with Crippen molar-refractivity contribution >= 4 is 16.0 Å². The summed E-state index contributed by atoms with van der Waals surface area (Å²) in [6.07, 6.45) is 1.20. The van der Waals surface area contributed by atoms with Gasteiger partial charge in [0.2, 0.25) is 10.0 Å². The van der Waals surface area contributed by atoms with Gasteiger partial charge in [-0.15, -0.1) is 0 Å². The van der Waals surface area contributed by atoms with Crippen molar-refractivity contribution in [2.45, 2.75) is 29.7 Å². The molecule has 2 aliphatic rings. The first-order chi connectivity index (χ1) is 10.9. The number of carboxylic acid groups (broad SMARTS) is 1. The number of rotatable bonds is 5. The van der Waals surface area contributed by atoms with Crippen molar-refractivity contribution in [3.05, 3.63) is 23.8 Å². The van der Waals surface area contributed by atoms with Gasteiger partial charge in [-0.1, -0.05) is 0 Å². The van der Waals surface area contributed by atoms with E-state index >= 15 is 0 Å². The molecule has 2 aliphatic heterocycles. The summed E-state index contributed by atoms with van der Waals surface area (Å²) in [4.78, 5) is 11.1. The van der Waals surface area contributed by atoms with Gasteiger partial charge in [-0.3, -0.25) is 4.79 Å². The fourth-order valence-corrected chi connectivity index (χ4v) is 5.09. The molecule has 2 heterocycles. The number of hydrogen-bond acceptors (Lipinski definition) is 5. The Morgan fingerprint density at radius 2 is 2.22 bits per heavy atom. The van der Waals surface area contributed by atoms with E-state index in [0.717, 1.165) is 6.42 Å². The number of hydrogen-bond donors (Lipinski definition) is 1. The number of sulfonamides is 1. The maximum absolute atomic E-state index is 12.9. The van der Waals surface area contributed by atoms with E-state index in [1.54, 1.807) is 0 Å². The largest absolute Gasteiger partial charge is 0.496 e. The molecule has 0 amide bonds. The van der Waals surface area contributed by atoms with Crippen LogP contribution in [0.2, 0.25) is 0 Å². The standard InChI is InChI=1S/C15H19NO6S/c1-21-13-3-2-12(8-11(13)9-14(17)18)23(19,20)16-6-4-15(16)5-7-22-10-15/h2-3,8H,4-7,9-10H2,1H3,(H,17,18). The van der Waals surface area contributed by atoms with E-state index in [4.69, 9.17) is 14.6 Å². The predicted molar refractivity (Wildman–Crippen MR) is 81.0 cm³/mol. The van der Waals surface area contributed by atoms with E-state index in [1.807, 2.05) is 0 Å². The van der Waals surface area contributed by atoms with Gasteiger partial charge in [-0.05, 0) is 31.0 Å².